The summed E-state index contributed by atoms with van der Waals surface area (Å²) < 4.78 is 2.00. The summed E-state index contributed by atoms with van der Waals surface area (Å²) in [5.74, 6) is -0.510. The van der Waals surface area contributed by atoms with Crippen molar-refractivity contribution in [2.24, 2.45) is 5.92 Å². The zero-order valence-electron chi connectivity index (χ0n) is 10.1. The van der Waals surface area contributed by atoms with E-state index >= 15 is 0 Å². The van der Waals surface area contributed by atoms with Gasteiger partial charge in [-0.3, -0.25) is 14.9 Å². The first kappa shape index (κ1) is 11.8. The highest BCUT2D eigenvalue weighted by Crippen LogP contribution is 2.33. The predicted octanol–water partition coefficient (Wildman–Crippen LogP) is 1.06. The Labute approximate surface area is 100 Å². The minimum Gasteiger partial charge on any atom is -0.335 e. The number of carbonyl (C=O) groups excluding carboxylic acids is 2. The Kier molecular flexibility index (Phi) is 3.26. The molecule has 0 aromatic carbocycles. The highest BCUT2D eigenvalue weighted by molar-refractivity contribution is 5.99. The number of imide groups is 1. The molecule has 1 aromatic heterocycles. The molecule has 1 aromatic rings. The third-order valence-corrected chi connectivity index (χ3v) is 3.40. The normalized spacial score (nSPS) is 24.8. The fourth-order valence-electron chi connectivity index (χ4n) is 2.49. The van der Waals surface area contributed by atoms with Crippen molar-refractivity contribution in [3.8, 4) is 0 Å². The average molecular weight is 235 g/mol. The fraction of sp³-hybridized carbons (Fsp3) is 0.583. The van der Waals surface area contributed by atoms with Crippen molar-refractivity contribution in [1.82, 2.24) is 14.9 Å². The van der Waals surface area contributed by atoms with Crippen molar-refractivity contribution < 1.29 is 9.59 Å². The number of nitrogens with zero attached hydrogens (tertiary/aromatic N) is 2. The van der Waals surface area contributed by atoms with Crippen LogP contribution in [0.1, 0.15) is 38.3 Å². The van der Waals surface area contributed by atoms with Crippen molar-refractivity contribution >= 4 is 11.8 Å². The number of carbonyl (C=O) groups is 2. The molecule has 1 saturated heterocycles. The standard InChI is InChI=1S/C12H17N3O2/c1-3-8-9(5-11(16)14-12(8)17)10-6-13-7-15(10)4-2/h6-9H,3-5H2,1-2H3,(H,14,16,17). The van der Waals surface area contributed by atoms with Gasteiger partial charge in [-0.15, -0.1) is 0 Å². The molecule has 2 heterocycles. The van der Waals surface area contributed by atoms with Crippen molar-refractivity contribution in [2.45, 2.75) is 39.2 Å². The molecule has 0 bridgehead atoms. The fourth-order valence-corrected chi connectivity index (χ4v) is 2.49. The van der Waals surface area contributed by atoms with Gasteiger partial charge in [0.1, 0.15) is 0 Å². The molecule has 0 saturated carbocycles. The maximum absolute atomic E-state index is 11.8. The summed E-state index contributed by atoms with van der Waals surface area (Å²) in [5, 5.41) is 2.40. The molecule has 2 atom stereocenters. The molecule has 2 rings (SSSR count). The van der Waals surface area contributed by atoms with Crippen molar-refractivity contribution in [1.29, 1.82) is 0 Å². The minimum atomic E-state index is -0.187. The molecule has 5 heteroatoms. The van der Waals surface area contributed by atoms with Crippen LogP contribution in [0.2, 0.25) is 0 Å². The number of nitrogens with one attached hydrogen (secondary N) is 1. The molecule has 1 fully saturated rings. The molecule has 92 valence electrons. The van der Waals surface area contributed by atoms with Gasteiger partial charge in [0.15, 0.2) is 0 Å². The molecule has 0 spiro atoms. The van der Waals surface area contributed by atoms with Gasteiger partial charge in [0.2, 0.25) is 11.8 Å². The van der Waals surface area contributed by atoms with Gasteiger partial charge >= 0.3 is 0 Å². The van der Waals surface area contributed by atoms with E-state index in [1.165, 1.54) is 0 Å². The van der Waals surface area contributed by atoms with E-state index in [-0.39, 0.29) is 23.7 Å². The largest absolute Gasteiger partial charge is 0.335 e. The molecule has 2 amide bonds. The number of rotatable bonds is 3. The van der Waals surface area contributed by atoms with Gasteiger partial charge in [-0.1, -0.05) is 6.92 Å². The molecule has 5 nitrogen and oxygen atoms in total. The third kappa shape index (κ3) is 2.09. The lowest BCUT2D eigenvalue weighted by molar-refractivity contribution is -0.137. The van der Waals surface area contributed by atoms with E-state index < -0.39 is 0 Å². The highest BCUT2D eigenvalue weighted by Gasteiger charge is 2.36. The number of aromatic nitrogens is 2. The second-order valence-corrected chi connectivity index (χ2v) is 4.34. The molecular formula is C12H17N3O2. The Morgan fingerprint density at radius 3 is 2.88 bits per heavy atom. The summed E-state index contributed by atoms with van der Waals surface area (Å²) in [6.45, 7) is 4.80. The molecular weight excluding hydrogens is 218 g/mol. The van der Waals surface area contributed by atoms with Gasteiger partial charge in [0, 0.05) is 36.7 Å². The van der Waals surface area contributed by atoms with Crippen LogP contribution in [-0.4, -0.2) is 21.4 Å². The number of hydrogen-bond acceptors (Lipinski definition) is 3. The first-order valence-corrected chi connectivity index (χ1v) is 6.01. The van der Waals surface area contributed by atoms with Crippen LogP contribution in [0.4, 0.5) is 0 Å². The quantitative estimate of drug-likeness (QED) is 0.797. The second-order valence-electron chi connectivity index (χ2n) is 4.34. The molecule has 1 aliphatic heterocycles. The summed E-state index contributed by atoms with van der Waals surface area (Å²) in [5.41, 5.74) is 0.988. The first-order chi connectivity index (χ1) is 8.17. The Balaban J connectivity index is 2.34. The van der Waals surface area contributed by atoms with E-state index in [2.05, 4.69) is 10.3 Å². The van der Waals surface area contributed by atoms with E-state index in [0.29, 0.717) is 6.42 Å². The molecule has 1 N–H and O–H groups in total. The topological polar surface area (TPSA) is 64.0 Å². The molecule has 17 heavy (non-hydrogen) atoms. The van der Waals surface area contributed by atoms with Gasteiger partial charge in [0.05, 0.1) is 6.33 Å². The van der Waals surface area contributed by atoms with Crippen molar-refractivity contribution in [3.63, 3.8) is 0 Å². The van der Waals surface area contributed by atoms with Crippen LogP contribution in [0.3, 0.4) is 0 Å². The zero-order chi connectivity index (χ0) is 12.4. The Morgan fingerprint density at radius 2 is 2.24 bits per heavy atom. The van der Waals surface area contributed by atoms with Gasteiger partial charge < -0.3 is 4.57 Å². The first-order valence-electron chi connectivity index (χ1n) is 6.01. The van der Waals surface area contributed by atoms with Gasteiger partial charge in [-0.2, -0.15) is 0 Å². The summed E-state index contributed by atoms with van der Waals surface area (Å²) in [7, 11) is 0. The minimum absolute atomic E-state index is 0.0382. The lowest BCUT2D eigenvalue weighted by Gasteiger charge is -2.29. The van der Waals surface area contributed by atoms with Crippen molar-refractivity contribution in [3.05, 3.63) is 18.2 Å². The third-order valence-electron chi connectivity index (χ3n) is 3.40. The summed E-state index contributed by atoms with van der Waals surface area (Å²) in [6.07, 6.45) is 4.62. The Morgan fingerprint density at radius 1 is 1.47 bits per heavy atom. The van der Waals surface area contributed by atoms with E-state index in [9.17, 15) is 9.59 Å². The summed E-state index contributed by atoms with van der Waals surface area (Å²) >= 11 is 0. The molecule has 2 unspecified atom stereocenters. The number of aryl methyl sites for hydroxylation is 1. The summed E-state index contributed by atoms with van der Waals surface area (Å²) in [4.78, 5) is 27.4. The van der Waals surface area contributed by atoms with Gasteiger partial charge in [-0.25, -0.2) is 4.98 Å². The lowest BCUT2D eigenvalue weighted by atomic mass is 9.81. The van der Waals surface area contributed by atoms with E-state index in [1.54, 1.807) is 12.5 Å². The van der Waals surface area contributed by atoms with Gasteiger partial charge in [-0.05, 0) is 13.3 Å². The number of piperidine rings is 1. The SMILES string of the molecule is CCC1C(=O)NC(=O)CC1c1cncn1CC. The van der Waals surface area contributed by atoms with Crippen molar-refractivity contribution in [2.75, 3.05) is 0 Å². The van der Waals surface area contributed by atoms with E-state index in [1.807, 2.05) is 18.4 Å². The second kappa shape index (κ2) is 4.69. The number of hydrogen-bond donors (Lipinski definition) is 1. The smallest absolute Gasteiger partial charge is 0.230 e. The maximum Gasteiger partial charge on any atom is 0.230 e. The lowest BCUT2D eigenvalue weighted by Crippen LogP contribution is -2.45. The molecule has 0 radical (unpaired) electrons. The van der Waals surface area contributed by atoms with Crippen LogP contribution in [0.25, 0.3) is 0 Å². The monoisotopic (exact) mass is 235 g/mol. The van der Waals surface area contributed by atoms with Crippen LogP contribution in [0.5, 0.6) is 0 Å². The van der Waals surface area contributed by atoms with Crippen LogP contribution >= 0.6 is 0 Å². The number of imidazole rings is 1. The highest BCUT2D eigenvalue weighted by atomic mass is 16.2. The van der Waals surface area contributed by atoms with Crippen LogP contribution in [-0.2, 0) is 16.1 Å². The summed E-state index contributed by atoms with van der Waals surface area (Å²) in [6, 6.07) is 0. The van der Waals surface area contributed by atoms with E-state index in [0.717, 1.165) is 18.7 Å². The number of amides is 2. The van der Waals surface area contributed by atoms with Crippen LogP contribution in [0, 0.1) is 5.92 Å². The Bertz CT molecular complexity index is 439. The average Bonchev–Trinajstić information content (AvgIpc) is 2.75. The van der Waals surface area contributed by atoms with Gasteiger partial charge in [0.25, 0.3) is 0 Å². The predicted molar refractivity (Wildman–Crippen MR) is 62.2 cm³/mol. The van der Waals surface area contributed by atoms with E-state index in [4.69, 9.17) is 0 Å². The Hall–Kier alpha value is -1.65. The molecule has 1 aliphatic rings. The van der Waals surface area contributed by atoms with Crippen LogP contribution < -0.4 is 5.32 Å². The molecule has 0 aliphatic carbocycles. The maximum atomic E-state index is 11.8. The van der Waals surface area contributed by atoms with Crippen LogP contribution in [0.15, 0.2) is 12.5 Å². The zero-order valence-corrected chi connectivity index (χ0v) is 10.1.